The second kappa shape index (κ2) is 4.55. The van der Waals surface area contributed by atoms with Gasteiger partial charge in [-0.3, -0.25) is 4.79 Å². The van der Waals surface area contributed by atoms with Crippen LogP contribution in [0.1, 0.15) is 27.0 Å². The summed E-state index contributed by atoms with van der Waals surface area (Å²) in [5, 5.41) is 5.11. The van der Waals surface area contributed by atoms with Gasteiger partial charge in [-0.2, -0.15) is 0 Å². The third-order valence-corrected chi connectivity index (χ3v) is 5.26. The molecule has 124 valence electrons. The van der Waals surface area contributed by atoms with Crippen LogP contribution in [0.2, 0.25) is 0 Å². The lowest BCUT2D eigenvalue weighted by Crippen LogP contribution is -2.43. The third kappa shape index (κ3) is 1.52. The molecule has 1 unspecified atom stereocenters. The molecule has 2 aliphatic heterocycles. The van der Waals surface area contributed by atoms with Gasteiger partial charge in [0.15, 0.2) is 0 Å². The van der Waals surface area contributed by atoms with Gasteiger partial charge < -0.3 is 14.5 Å². The van der Waals surface area contributed by atoms with Crippen LogP contribution >= 0.6 is 0 Å². The molecule has 1 atom stereocenters. The van der Waals surface area contributed by atoms with Crippen LogP contribution in [-0.2, 0) is 10.5 Å². The Labute approximate surface area is 148 Å². The molecule has 3 aromatic carbocycles. The second-order valence-corrected chi connectivity index (χ2v) is 6.61. The zero-order valence-corrected chi connectivity index (χ0v) is 13.7. The van der Waals surface area contributed by atoms with Crippen molar-refractivity contribution in [2.45, 2.75) is 5.72 Å². The van der Waals surface area contributed by atoms with Gasteiger partial charge >= 0.3 is 0 Å². The number of hydrogen-bond donors (Lipinski definition) is 1. The van der Waals surface area contributed by atoms with E-state index in [4.69, 9.17) is 9.15 Å². The van der Waals surface area contributed by atoms with Crippen molar-refractivity contribution in [3.63, 3.8) is 0 Å². The molecule has 26 heavy (non-hydrogen) atoms. The largest absolute Gasteiger partial charge is 0.467 e. The van der Waals surface area contributed by atoms with Crippen molar-refractivity contribution in [2.75, 3.05) is 0 Å². The van der Waals surface area contributed by atoms with E-state index in [0.717, 1.165) is 38.6 Å². The smallest absolute Gasteiger partial charge is 0.255 e. The molecular weight excluding hydrogens is 326 g/mol. The maximum Gasteiger partial charge on any atom is 0.255 e. The zero-order chi connectivity index (χ0) is 17.3. The van der Waals surface area contributed by atoms with Crippen LogP contribution in [0, 0.1) is 0 Å². The minimum atomic E-state index is -1.06. The number of carbonyl (C=O) groups is 1. The lowest BCUT2D eigenvalue weighted by atomic mass is 9.88. The molecular formula is C22H13NO3. The van der Waals surface area contributed by atoms with E-state index in [9.17, 15) is 4.79 Å². The first kappa shape index (κ1) is 13.7. The summed E-state index contributed by atoms with van der Waals surface area (Å²) >= 11 is 0. The first-order chi connectivity index (χ1) is 12.8. The Morgan fingerprint density at radius 2 is 1.73 bits per heavy atom. The Morgan fingerprint density at radius 3 is 2.69 bits per heavy atom. The van der Waals surface area contributed by atoms with Gasteiger partial charge in [0.25, 0.3) is 5.91 Å². The van der Waals surface area contributed by atoms with E-state index in [1.165, 1.54) is 0 Å². The van der Waals surface area contributed by atoms with Gasteiger partial charge in [0.2, 0.25) is 5.72 Å². The van der Waals surface area contributed by atoms with E-state index >= 15 is 0 Å². The Kier molecular flexibility index (Phi) is 2.40. The van der Waals surface area contributed by atoms with Crippen LogP contribution in [0.15, 0.2) is 71.3 Å². The Morgan fingerprint density at radius 1 is 0.885 bits per heavy atom. The van der Waals surface area contributed by atoms with Crippen LogP contribution in [0.4, 0.5) is 0 Å². The molecule has 6 rings (SSSR count). The molecule has 0 saturated heterocycles. The zero-order valence-electron chi connectivity index (χ0n) is 13.7. The normalized spacial score (nSPS) is 20.2. The molecule has 0 saturated carbocycles. The second-order valence-electron chi connectivity index (χ2n) is 6.61. The maximum absolute atomic E-state index is 12.6. The number of nitrogens with one attached hydrogen (secondary N) is 1. The summed E-state index contributed by atoms with van der Waals surface area (Å²) in [7, 11) is 0. The highest BCUT2D eigenvalue weighted by Gasteiger charge is 2.50. The van der Waals surface area contributed by atoms with Gasteiger partial charge in [0.1, 0.15) is 11.2 Å². The quantitative estimate of drug-likeness (QED) is 0.512. The van der Waals surface area contributed by atoms with Crippen molar-refractivity contribution < 1.29 is 13.9 Å². The fraction of sp³-hybridized carbons (Fsp3) is 0.0455. The van der Waals surface area contributed by atoms with E-state index in [2.05, 4.69) is 11.4 Å². The lowest BCUT2D eigenvalue weighted by Gasteiger charge is -2.33. The highest BCUT2D eigenvalue weighted by atomic mass is 16.5. The number of benzene rings is 3. The van der Waals surface area contributed by atoms with Gasteiger partial charge in [0.05, 0.1) is 11.8 Å². The van der Waals surface area contributed by atoms with Gasteiger partial charge in [-0.25, -0.2) is 0 Å². The average Bonchev–Trinajstić information content (AvgIpc) is 3.18. The number of fused-ring (bicyclic) bond motifs is 8. The molecule has 4 heteroatoms. The van der Waals surface area contributed by atoms with Crippen molar-refractivity contribution in [3.8, 4) is 0 Å². The molecule has 1 N–H and O–H groups in total. The minimum Gasteiger partial charge on any atom is -0.467 e. The molecule has 0 fully saturated rings. The molecule has 4 aromatic rings. The van der Waals surface area contributed by atoms with E-state index in [0.29, 0.717) is 5.56 Å². The number of hydrogen-bond acceptors (Lipinski definition) is 3. The predicted molar refractivity (Wildman–Crippen MR) is 98.5 cm³/mol. The summed E-state index contributed by atoms with van der Waals surface area (Å²) in [6, 6.07) is 19.6. The van der Waals surface area contributed by atoms with E-state index in [1.807, 2.05) is 60.7 Å². The Balaban J connectivity index is 1.78. The summed E-state index contributed by atoms with van der Waals surface area (Å²) in [6.07, 6.45) is 3.54. The van der Waals surface area contributed by atoms with Crippen molar-refractivity contribution in [2.24, 2.45) is 0 Å². The number of rotatable bonds is 0. The summed E-state index contributed by atoms with van der Waals surface area (Å²) in [5.41, 5.74) is 3.74. The summed E-state index contributed by atoms with van der Waals surface area (Å²) < 4.78 is 12.3. The van der Waals surface area contributed by atoms with Gasteiger partial charge in [-0.15, -0.1) is 0 Å². The first-order valence-electron chi connectivity index (χ1n) is 8.49. The monoisotopic (exact) mass is 339 g/mol. The Bertz CT molecular complexity index is 1270. The Hall–Kier alpha value is -3.53. The van der Waals surface area contributed by atoms with Crippen molar-refractivity contribution in [1.29, 1.82) is 0 Å². The number of furan rings is 1. The first-order valence-corrected chi connectivity index (χ1v) is 8.49. The molecule has 0 aliphatic carbocycles. The molecule has 1 aromatic heterocycles. The summed E-state index contributed by atoms with van der Waals surface area (Å²) in [4.78, 5) is 12.6. The molecule has 1 amide bonds. The van der Waals surface area contributed by atoms with Gasteiger partial charge in [0, 0.05) is 21.9 Å². The number of para-hydroxylation sites is 1. The standard InChI is InChI=1S/C22H13NO3/c24-21-16-6-1-3-7-17(16)22(23-21)19-13(11-12-25-22)9-10-15-14-5-2-4-8-18(14)26-20(15)19/h1-12H,(H,23,24). The third-order valence-electron chi connectivity index (χ3n) is 5.26. The summed E-state index contributed by atoms with van der Waals surface area (Å²) in [5.74, 6) is -0.144. The van der Waals surface area contributed by atoms with Crippen LogP contribution < -0.4 is 5.32 Å². The highest BCUT2D eigenvalue weighted by molar-refractivity contribution is 6.08. The van der Waals surface area contributed by atoms with Crippen LogP contribution in [0.25, 0.3) is 28.0 Å². The molecule has 3 heterocycles. The average molecular weight is 339 g/mol. The van der Waals surface area contributed by atoms with Crippen LogP contribution in [-0.4, -0.2) is 5.91 Å². The molecule has 2 aliphatic rings. The van der Waals surface area contributed by atoms with Crippen molar-refractivity contribution in [1.82, 2.24) is 5.32 Å². The molecule has 4 nitrogen and oxygen atoms in total. The molecule has 0 radical (unpaired) electrons. The SMILES string of the molecule is O=C1NC2(OC=Cc3ccc4c(oc5ccccc54)c32)c2ccccc21. The van der Waals surface area contributed by atoms with E-state index < -0.39 is 5.72 Å². The number of carbonyl (C=O) groups excluding carboxylic acids is 1. The van der Waals surface area contributed by atoms with Crippen LogP contribution in [0.5, 0.6) is 0 Å². The number of amides is 1. The maximum atomic E-state index is 12.6. The van der Waals surface area contributed by atoms with Gasteiger partial charge in [-0.05, 0) is 29.8 Å². The summed E-state index contributed by atoms with van der Waals surface area (Å²) in [6.45, 7) is 0. The fourth-order valence-electron chi connectivity index (χ4n) is 4.15. The highest BCUT2D eigenvalue weighted by Crippen LogP contribution is 2.47. The van der Waals surface area contributed by atoms with E-state index in [-0.39, 0.29) is 5.91 Å². The number of ether oxygens (including phenoxy) is 1. The fourth-order valence-corrected chi connectivity index (χ4v) is 4.15. The van der Waals surface area contributed by atoms with Gasteiger partial charge in [-0.1, -0.05) is 42.5 Å². The van der Waals surface area contributed by atoms with Crippen LogP contribution in [0.3, 0.4) is 0 Å². The minimum absolute atomic E-state index is 0.144. The topological polar surface area (TPSA) is 51.5 Å². The van der Waals surface area contributed by atoms with Crippen molar-refractivity contribution >= 4 is 33.9 Å². The lowest BCUT2D eigenvalue weighted by molar-refractivity contribution is 0.0312. The molecule has 0 bridgehead atoms. The van der Waals surface area contributed by atoms with E-state index in [1.54, 1.807) is 6.26 Å². The molecule has 1 spiro atoms. The predicted octanol–water partition coefficient (Wildman–Crippen LogP) is 4.53. The van der Waals surface area contributed by atoms with Crippen molar-refractivity contribution in [3.05, 3.63) is 89.2 Å².